The molecule has 0 saturated carbocycles. The van der Waals surface area contributed by atoms with Crippen molar-refractivity contribution in [1.29, 1.82) is 0 Å². The maximum atomic E-state index is 12.7. The number of halogens is 3. The van der Waals surface area contributed by atoms with E-state index in [0.717, 1.165) is 6.07 Å². The molecule has 2 aromatic rings. The van der Waals surface area contributed by atoms with Crippen LogP contribution in [0.15, 0.2) is 30.5 Å². The molecule has 0 aromatic carbocycles. The summed E-state index contributed by atoms with van der Waals surface area (Å²) in [7, 11) is -5.92. The predicted molar refractivity (Wildman–Crippen MR) is 96.1 cm³/mol. The van der Waals surface area contributed by atoms with Gasteiger partial charge >= 0.3 is 15.6 Å². The zero-order valence-corrected chi connectivity index (χ0v) is 16.1. The van der Waals surface area contributed by atoms with E-state index in [1.54, 1.807) is 17.0 Å². The summed E-state index contributed by atoms with van der Waals surface area (Å²) in [5, 5.41) is 2.50. The molecule has 3 rings (SSSR count). The molecule has 1 aliphatic rings. The smallest absolute Gasteiger partial charge is 0.378 e. The van der Waals surface area contributed by atoms with Crippen molar-refractivity contribution in [2.75, 3.05) is 31.2 Å². The van der Waals surface area contributed by atoms with Crippen molar-refractivity contribution in [1.82, 2.24) is 20.3 Å². The number of morpholine rings is 1. The van der Waals surface area contributed by atoms with Gasteiger partial charge in [-0.05, 0) is 12.1 Å². The molecule has 0 atom stereocenters. The number of amides is 1. The maximum Gasteiger partial charge on any atom is 0.534 e. The third-order valence-corrected chi connectivity index (χ3v) is 4.80. The van der Waals surface area contributed by atoms with Gasteiger partial charge in [-0.1, -0.05) is 6.07 Å². The molecule has 14 heteroatoms. The van der Waals surface area contributed by atoms with Crippen LogP contribution >= 0.6 is 0 Å². The van der Waals surface area contributed by atoms with Crippen LogP contribution in [0.1, 0.15) is 16.2 Å². The van der Waals surface area contributed by atoms with E-state index in [1.165, 1.54) is 12.3 Å². The molecule has 1 amide bonds. The Morgan fingerprint density at radius 1 is 1.23 bits per heavy atom. The van der Waals surface area contributed by atoms with E-state index in [0.29, 0.717) is 26.3 Å². The molecule has 1 saturated heterocycles. The summed E-state index contributed by atoms with van der Waals surface area (Å²) >= 11 is 0. The molecule has 0 radical (unpaired) electrons. The second-order valence-corrected chi connectivity index (χ2v) is 7.52. The highest BCUT2D eigenvalue weighted by Gasteiger charge is 2.49. The minimum atomic E-state index is -5.92. The Morgan fingerprint density at radius 3 is 2.60 bits per heavy atom. The maximum absolute atomic E-state index is 12.7. The number of hydrogen-bond acceptors (Lipinski definition) is 9. The zero-order chi connectivity index (χ0) is 21.8. The van der Waals surface area contributed by atoms with Crippen LogP contribution in [0.2, 0.25) is 0 Å². The summed E-state index contributed by atoms with van der Waals surface area (Å²) in [6.07, 6.45) is 1.42. The molecule has 1 aliphatic heterocycles. The number of anilines is 1. The lowest BCUT2D eigenvalue weighted by molar-refractivity contribution is -0.0501. The first kappa shape index (κ1) is 21.7. The summed E-state index contributed by atoms with van der Waals surface area (Å²) in [5.41, 5.74) is -5.45. The van der Waals surface area contributed by atoms with Crippen LogP contribution in [-0.2, 0) is 21.4 Å². The van der Waals surface area contributed by atoms with Gasteiger partial charge in [-0.15, -0.1) is 0 Å². The van der Waals surface area contributed by atoms with Gasteiger partial charge in [-0.25, -0.2) is 4.98 Å². The Kier molecular flexibility index (Phi) is 6.36. The molecular weight excluding hydrogens is 431 g/mol. The molecule has 0 bridgehead atoms. The molecule has 10 nitrogen and oxygen atoms in total. The van der Waals surface area contributed by atoms with Crippen LogP contribution in [0.3, 0.4) is 0 Å². The van der Waals surface area contributed by atoms with E-state index >= 15 is 0 Å². The van der Waals surface area contributed by atoms with Crippen molar-refractivity contribution in [2.24, 2.45) is 0 Å². The molecule has 30 heavy (non-hydrogen) atoms. The average molecular weight is 447 g/mol. The van der Waals surface area contributed by atoms with Gasteiger partial charge in [-0.3, -0.25) is 9.78 Å². The highest BCUT2D eigenvalue weighted by atomic mass is 32.2. The molecular formula is C16H16F3N5O5S. The number of carbonyl (C=O) groups is 1. The fraction of sp³-hybridized carbons (Fsp3) is 0.375. The van der Waals surface area contributed by atoms with E-state index < -0.39 is 27.4 Å². The zero-order valence-electron chi connectivity index (χ0n) is 15.3. The highest BCUT2D eigenvalue weighted by Crippen LogP contribution is 2.27. The van der Waals surface area contributed by atoms with Crippen molar-refractivity contribution in [3.8, 4) is 5.88 Å². The fourth-order valence-electron chi connectivity index (χ4n) is 2.42. The number of aromatic nitrogens is 3. The second-order valence-electron chi connectivity index (χ2n) is 5.98. The number of nitrogens with one attached hydrogen (secondary N) is 1. The molecule has 3 heterocycles. The number of alkyl halides is 3. The number of pyridine rings is 1. The van der Waals surface area contributed by atoms with Crippen LogP contribution in [0, 0.1) is 0 Å². The van der Waals surface area contributed by atoms with Crippen LogP contribution < -0.4 is 14.4 Å². The largest absolute Gasteiger partial charge is 0.534 e. The lowest BCUT2D eigenvalue weighted by Gasteiger charge is -2.27. The predicted octanol–water partition coefficient (Wildman–Crippen LogP) is 0.867. The minimum absolute atomic E-state index is 0.0446. The van der Waals surface area contributed by atoms with Gasteiger partial charge in [0.1, 0.15) is 5.69 Å². The number of rotatable bonds is 6. The van der Waals surface area contributed by atoms with Crippen LogP contribution in [-0.4, -0.2) is 61.1 Å². The van der Waals surface area contributed by atoms with E-state index in [-0.39, 0.29) is 23.9 Å². The lowest BCUT2D eigenvalue weighted by Crippen LogP contribution is -2.38. The van der Waals surface area contributed by atoms with Crippen LogP contribution in [0.5, 0.6) is 5.88 Å². The Labute approximate surface area is 169 Å². The van der Waals surface area contributed by atoms with Gasteiger partial charge in [-0.2, -0.15) is 26.6 Å². The molecule has 0 unspecified atom stereocenters. The summed E-state index contributed by atoms with van der Waals surface area (Å²) in [6.45, 7) is 1.13. The van der Waals surface area contributed by atoms with Crippen molar-refractivity contribution in [3.63, 3.8) is 0 Å². The SMILES string of the molecule is O=C(NCc1cc(OS(=O)(=O)C(F)(F)F)nc(N2CCOCC2)n1)c1ccccn1. The molecule has 2 aromatic heterocycles. The van der Waals surface area contributed by atoms with E-state index in [2.05, 4.69) is 24.5 Å². The highest BCUT2D eigenvalue weighted by molar-refractivity contribution is 7.87. The average Bonchev–Trinajstić information content (AvgIpc) is 2.72. The van der Waals surface area contributed by atoms with Gasteiger partial charge in [0.2, 0.25) is 11.8 Å². The number of hydrogen-bond donors (Lipinski definition) is 1. The standard InChI is InChI=1S/C16H16F3N5O5S/c17-16(18,19)30(26,27)29-13-9-11(10-21-14(25)12-3-1-2-4-20-12)22-15(23-13)24-5-7-28-8-6-24/h1-4,9H,5-8,10H2,(H,21,25). The third kappa shape index (κ3) is 5.33. The van der Waals surface area contributed by atoms with Crippen molar-refractivity contribution >= 4 is 22.0 Å². The van der Waals surface area contributed by atoms with E-state index in [1.807, 2.05) is 0 Å². The first-order chi connectivity index (χ1) is 14.2. The Hall–Kier alpha value is -3.00. The normalized spacial score (nSPS) is 15.0. The first-order valence-electron chi connectivity index (χ1n) is 8.56. The van der Waals surface area contributed by atoms with E-state index in [9.17, 15) is 26.4 Å². The van der Waals surface area contributed by atoms with Crippen molar-refractivity contribution in [2.45, 2.75) is 12.1 Å². The first-order valence-corrected chi connectivity index (χ1v) is 9.97. The van der Waals surface area contributed by atoms with Gasteiger partial charge in [0.15, 0.2) is 0 Å². The number of nitrogens with zero attached hydrogens (tertiary/aromatic N) is 4. The second kappa shape index (κ2) is 8.79. The Morgan fingerprint density at radius 2 is 1.97 bits per heavy atom. The summed E-state index contributed by atoms with van der Waals surface area (Å²) in [6, 6.07) is 5.61. The quantitative estimate of drug-likeness (QED) is 0.507. The van der Waals surface area contributed by atoms with Gasteiger partial charge in [0.05, 0.1) is 25.5 Å². The lowest BCUT2D eigenvalue weighted by atomic mass is 10.3. The Balaban J connectivity index is 1.84. The molecule has 1 fully saturated rings. The van der Waals surface area contributed by atoms with Crippen LogP contribution in [0.25, 0.3) is 0 Å². The third-order valence-electron chi connectivity index (χ3n) is 3.84. The molecule has 1 N–H and O–H groups in total. The minimum Gasteiger partial charge on any atom is -0.378 e. The number of ether oxygens (including phenoxy) is 1. The van der Waals surface area contributed by atoms with Gasteiger partial charge in [0, 0.05) is 25.4 Å². The number of carbonyl (C=O) groups excluding carboxylic acids is 1. The Bertz CT molecular complexity index is 998. The van der Waals surface area contributed by atoms with Crippen molar-refractivity contribution in [3.05, 3.63) is 41.9 Å². The molecule has 162 valence electrons. The monoisotopic (exact) mass is 447 g/mol. The van der Waals surface area contributed by atoms with Crippen LogP contribution in [0.4, 0.5) is 19.1 Å². The van der Waals surface area contributed by atoms with Gasteiger partial charge < -0.3 is 19.1 Å². The summed E-state index contributed by atoms with van der Waals surface area (Å²) in [4.78, 5) is 25.6. The van der Waals surface area contributed by atoms with Crippen molar-refractivity contribution < 1.29 is 35.3 Å². The van der Waals surface area contributed by atoms with E-state index in [4.69, 9.17) is 4.74 Å². The molecule has 0 spiro atoms. The van der Waals surface area contributed by atoms with Gasteiger partial charge in [0.25, 0.3) is 5.91 Å². The molecule has 0 aliphatic carbocycles. The summed E-state index contributed by atoms with van der Waals surface area (Å²) in [5.74, 6) is -1.41. The fourth-order valence-corrected chi connectivity index (χ4v) is 2.82. The topological polar surface area (TPSA) is 124 Å². The summed E-state index contributed by atoms with van der Waals surface area (Å²) < 4.78 is 70.1.